The van der Waals surface area contributed by atoms with Gasteiger partial charge in [-0.15, -0.1) is 0 Å². The molecule has 1 aliphatic rings. The Labute approximate surface area is 122 Å². The van der Waals surface area contributed by atoms with Gasteiger partial charge in [0, 0.05) is 13.0 Å². The van der Waals surface area contributed by atoms with E-state index in [1.165, 1.54) is 25.7 Å². The first-order valence-electron chi connectivity index (χ1n) is 7.98. The Balaban J connectivity index is 2.08. The molecule has 112 valence electrons. The summed E-state index contributed by atoms with van der Waals surface area (Å²) in [6, 6.07) is 0. The van der Waals surface area contributed by atoms with E-state index in [4.69, 9.17) is 4.74 Å². The molecule has 4 heteroatoms. The second-order valence-corrected chi connectivity index (χ2v) is 5.66. The summed E-state index contributed by atoms with van der Waals surface area (Å²) < 4.78 is 5.99. The zero-order chi connectivity index (χ0) is 14.4. The molecular weight excluding hydrogens is 250 g/mol. The molecular formula is C16H27N3O. The Hall–Kier alpha value is -1.32. The lowest BCUT2D eigenvalue weighted by molar-refractivity contribution is 0.241. The van der Waals surface area contributed by atoms with Crippen molar-refractivity contribution in [3.8, 4) is 5.88 Å². The number of nitrogens with one attached hydrogen (secondary N) is 1. The average Bonchev–Trinajstić information content (AvgIpc) is 2.98. The van der Waals surface area contributed by atoms with E-state index in [2.05, 4.69) is 29.1 Å². The zero-order valence-corrected chi connectivity index (χ0v) is 13.0. The van der Waals surface area contributed by atoms with Crippen LogP contribution in [0.4, 0.5) is 5.82 Å². The van der Waals surface area contributed by atoms with Crippen LogP contribution in [0.5, 0.6) is 5.88 Å². The molecule has 1 aliphatic carbocycles. The molecule has 1 aromatic rings. The topological polar surface area (TPSA) is 47.0 Å². The SMILES string of the molecule is CCCNc1nc(CC)nc(OCC2CCCC2)c1C. The number of aryl methyl sites for hydroxylation is 1. The second kappa shape index (κ2) is 7.46. The lowest BCUT2D eigenvalue weighted by atomic mass is 10.1. The van der Waals surface area contributed by atoms with Crippen molar-refractivity contribution in [2.24, 2.45) is 5.92 Å². The molecule has 0 saturated heterocycles. The van der Waals surface area contributed by atoms with E-state index in [0.29, 0.717) is 5.92 Å². The molecule has 20 heavy (non-hydrogen) atoms. The summed E-state index contributed by atoms with van der Waals surface area (Å²) >= 11 is 0. The van der Waals surface area contributed by atoms with Gasteiger partial charge in [0.05, 0.1) is 12.2 Å². The summed E-state index contributed by atoms with van der Waals surface area (Å²) in [5.41, 5.74) is 1.04. The standard InChI is InChI=1S/C16H27N3O/c1-4-10-17-15-12(3)16(19-14(5-2)18-15)20-11-13-8-6-7-9-13/h13H,4-11H2,1-3H3,(H,17,18,19). The van der Waals surface area contributed by atoms with Crippen LogP contribution in [-0.4, -0.2) is 23.1 Å². The minimum absolute atomic E-state index is 0.710. The number of nitrogens with zero attached hydrogens (tertiary/aromatic N) is 2. The molecule has 0 aromatic carbocycles. The predicted octanol–water partition coefficient (Wildman–Crippen LogP) is 3.74. The van der Waals surface area contributed by atoms with Gasteiger partial charge in [0.2, 0.25) is 5.88 Å². The summed E-state index contributed by atoms with van der Waals surface area (Å²) in [6.45, 7) is 8.01. The van der Waals surface area contributed by atoms with Crippen LogP contribution in [0.2, 0.25) is 0 Å². The van der Waals surface area contributed by atoms with E-state index < -0.39 is 0 Å². The predicted molar refractivity (Wildman–Crippen MR) is 82.4 cm³/mol. The fourth-order valence-corrected chi connectivity index (χ4v) is 2.63. The van der Waals surface area contributed by atoms with Crippen molar-refractivity contribution in [2.45, 2.75) is 59.3 Å². The van der Waals surface area contributed by atoms with Crippen LogP contribution < -0.4 is 10.1 Å². The first kappa shape index (κ1) is 15.1. The van der Waals surface area contributed by atoms with Gasteiger partial charge in [-0.25, -0.2) is 4.98 Å². The van der Waals surface area contributed by atoms with Crippen molar-refractivity contribution in [1.82, 2.24) is 9.97 Å². The molecule has 1 aromatic heterocycles. The van der Waals surface area contributed by atoms with Crippen LogP contribution >= 0.6 is 0 Å². The highest BCUT2D eigenvalue weighted by Gasteiger charge is 2.17. The number of ether oxygens (including phenoxy) is 1. The van der Waals surface area contributed by atoms with Gasteiger partial charge in [-0.05, 0) is 32.1 Å². The van der Waals surface area contributed by atoms with E-state index >= 15 is 0 Å². The Morgan fingerprint density at radius 1 is 1.20 bits per heavy atom. The summed E-state index contributed by atoms with van der Waals surface area (Å²) in [5, 5.41) is 3.37. The second-order valence-electron chi connectivity index (χ2n) is 5.66. The molecule has 2 rings (SSSR count). The summed E-state index contributed by atoms with van der Waals surface area (Å²) in [7, 11) is 0. The molecule has 0 bridgehead atoms. The highest BCUT2D eigenvalue weighted by atomic mass is 16.5. The summed E-state index contributed by atoms with van der Waals surface area (Å²) in [5.74, 6) is 3.26. The third kappa shape index (κ3) is 3.84. The molecule has 4 nitrogen and oxygen atoms in total. The number of aromatic nitrogens is 2. The van der Waals surface area contributed by atoms with Crippen LogP contribution in [0.25, 0.3) is 0 Å². The molecule has 0 unspecified atom stereocenters. The third-order valence-electron chi connectivity index (χ3n) is 3.94. The quantitative estimate of drug-likeness (QED) is 0.824. The molecule has 1 N–H and O–H groups in total. The maximum Gasteiger partial charge on any atom is 0.221 e. The molecule has 0 amide bonds. The van der Waals surface area contributed by atoms with Crippen molar-refractivity contribution in [2.75, 3.05) is 18.5 Å². The van der Waals surface area contributed by atoms with Crippen LogP contribution in [0.15, 0.2) is 0 Å². The van der Waals surface area contributed by atoms with Gasteiger partial charge in [0.15, 0.2) is 0 Å². The van der Waals surface area contributed by atoms with Crippen molar-refractivity contribution < 1.29 is 4.74 Å². The molecule has 0 atom stereocenters. The summed E-state index contributed by atoms with van der Waals surface area (Å²) in [4.78, 5) is 9.11. The van der Waals surface area contributed by atoms with Gasteiger partial charge in [0.1, 0.15) is 11.6 Å². The van der Waals surface area contributed by atoms with Crippen molar-refractivity contribution >= 4 is 5.82 Å². The van der Waals surface area contributed by atoms with Crippen LogP contribution in [-0.2, 0) is 6.42 Å². The Morgan fingerprint density at radius 3 is 2.60 bits per heavy atom. The number of hydrogen-bond acceptors (Lipinski definition) is 4. The molecule has 0 spiro atoms. The van der Waals surface area contributed by atoms with E-state index in [1.807, 2.05) is 6.92 Å². The smallest absolute Gasteiger partial charge is 0.221 e. The lowest BCUT2D eigenvalue weighted by Crippen LogP contribution is -2.13. The van der Waals surface area contributed by atoms with Gasteiger partial charge in [-0.2, -0.15) is 4.98 Å². The molecule has 1 fully saturated rings. The Morgan fingerprint density at radius 2 is 1.95 bits per heavy atom. The largest absolute Gasteiger partial charge is 0.477 e. The average molecular weight is 277 g/mol. The molecule has 1 saturated carbocycles. The zero-order valence-electron chi connectivity index (χ0n) is 13.0. The van der Waals surface area contributed by atoms with Gasteiger partial charge in [0.25, 0.3) is 0 Å². The Bertz CT molecular complexity index is 428. The molecule has 1 heterocycles. The highest BCUT2D eigenvalue weighted by Crippen LogP contribution is 2.27. The van der Waals surface area contributed by atoms with Gasteiger partial charge in [-0.3, -0.25) is 0 Å². The van der Waals surface area contributed by atoms with Crippen molar-refractivity contribution in [3.63, 3.8) is 0 Å². The Kier molecular flexibility index (Phi) is 5.62. The third-order valence-corrected chi connectivity index (χ3v) is 3.94. The van der Waals surface area contributed by atoms with E-state index in [1.54, 1.807) is 0 Å². The maximum atomic E-state index is 5.99. The fraction of sp³-hybridized carbons (Fsp3) is 0.750. The number of rotatable bonds is 7. The first-order valence-corrected chi connectivity index (χ1v) is 7.98. The van der Waals surface area contributed by atoms with Crippen LogP contribution in [0.1, 0.15) is 57.3 Å². The minimum Gasteiger partial charge on any atom is -0.477 e. The van der Waals surface area contributed by atoms with Gasteiger partial charge in [-0.1, -0.05) is 26.7 Å². The summed E-state index contributed by atoms with van der Waals surface area (Å²) in [6.07, 6.45) is 7.21. The van der Waals surface area contributed by atoms with E-state index in [9.17, 15) is 0 Å². The maximum absolute atomic E-state index is 5.99. The van der Waals surface area contributed by atoms with E-state index in [-0.39, 0.29) is 0 Å². The monoisotopic (exact) mass is 277 g/mol. The lowest BCUT2D eigenvalue weighted by Gasteiger charge is -2.16. The van der Waals surface area contributed by atoms with Gasteiger partial charge >= 0.3 is 0 Å². The normalized spacial score (nSPS) is 15.6. The molecule has 0 radical (unpaired) electrons. The number of hydrogen-bond donors (Lipinski definition) is 1. The van der Waals surface area contributed by atoms with Gasteiger partial charge < -0.3 is 10.1 Å². The highest BCUT2D eigenvalue weighted by molar-refractivity contribution is 5.48. The minimum atomic E-state index is 0.710. The van der Waals surface area contributed by atoms with Crippen molar-refractivity contribution in [1.29, 1.82) is 0 Å². The fourth-order valence-electron chi connectivity index (χ4n) is 2.63. The molecule has 0 aliphatic heterocycles. The first-order chi connectivity index (χ1) is 9.74. The number of anilines is 1. The van der Waals surface area contributed by atoms with Crippen molar-refractivity contribution in [3.05, 3.63) is 11.4 Å². The van der Waals surface area contributed by atoms with Crippen LogP contribution in [0, 0.1) is 12.8 Å². The van der Waals surface area contributed by atoms with Crippen LogP contribution in [0.3, 0.4) is 0 Å². The van der Waals surface area contributed by atoms with E-state index in [0.717, 1.165) is 49.1 Å².